The normalized spacial score (nSPS) is 31.0. The van der Waals surface area contributed by atoms with Crippen LogP contribution in [0.2, 0.25) is 0 Å². The molecule has 0 aromatic rings. The van der Waals surface area contributed by atoms with Gasteiger partial charge in [0.1, 0.15) is 0 Å². The molecule has 0 radical (unpaired) electrons. The number of rotatable bonds is 0. The van der Waals surface area contributed by atoms with Crippen molar-refractivity contribution in [3.05, 3.63) is 0 Å². The van der Waals surface area contributed by atoms with Crippen molar-refractivity contribution in [2.45, 2.75) is 33.3 Å². The van der Waals surface area contributed by atoms with E-state index in [9.17, 15) is 5.11 Å². The van der Waals surface area contributed by atoms with Gasteiger partial charge in [0.25, 0.3) is 0 Å². The number of β-amino-alcohol motifs (C(OH)–C–C–N with tert-alkyl or cyclic N) is 1. The molecule has 0 unspecified atom stereocenters. The van der Waals surface area contributed by atoms with Crippen LogP contribution in [0.4, 0.5) is 0 Å². The zero-order chi connectivity index (χ0) is 8.48. The molecule has 0 spiro atoms. The fraction of sp³-hybridized carbons (Fsp3) is 1.00. The van der Waals surface area contributed by atoms with Crippen LogP contribution in [-0.2, 0) is 0 Å². The van der Waals surface area contributed by atoms with Crippen LogP contribution in [0, 0.1) is 11.3 Å². The predicted molar refractivity (Wildman–Crippen MR) is 53.7 cm³/mol. The summed E-state index contributed by atoms with van der Waals surface area (Å²) in [6.07, 6.45) is 0.953. The molecule has 1 aliphatic rings. The zero-order valence-electron chi connectivity index (χ0n) is 8.13. The van der Waals surface area contributed by atoms with E-state index in [4.69, 9.17) is 0 Å². The number of nitrogens with one attached hydrogen (secondary N) is 1. The molecule has 0 aliphatic carbocycles. The number of hydrogen-bond acceptors (Lipinski definition) is 2. The number of halogens is 1. The summed E-state index contributed by atoms with van der Waals surface area (Å²) in [7, 11) is 0. The quantitative estimate of drug-likeness (QED) is 0.610. The summed E-state index contributed by atoms with van der Waals surface area (Å²) in [5.74, 6) is 0.462. The molecule has 0 bridgehead atoms. The van der Waals surface area contributed by atoms with Crippen LogP contribution in [0.1, 0.15) is 27.2 Å². The van der Waals surface area contributed by atoms with E-state index in [-0.39, 0.29) is 23.9 Å². The smallest absolute Gasteiger partial charge is 0.0698 e. The Labute approximate surface area is 81.2 Å². The molecule has 1 saturated heterocycles. The molecule has 0 amide bonds. The Bertz CT molecular complexity index is 133. The summed E-state index contributed by atoms with van der Waals surface area (Å²) in [4.78, 5) is 0. The number of piperidine rings is 1. The third kappa shape index (κ3) is 2.92. The molecule has 1 aliphatic heterocycles. The van der Waals surface area contributed by atoms with Crippen LogP contribution in [0.15, 0.2) is 0 Å². The highest BCUT2D eigenvalue weighted by Gasteiger charge is 2.32. The summed E-state index contributed by atoms with van der Waals surface area (Å²) in [6.45, 7) is 8.42. The largest absolute Gasteiger partial charge is 0.391 e. The maximum Gasteiger partial charge on any atom is 0.0698 e. The van der Waals surface area contributed by atoms with E-state index in [0.29, 0.717) is 5.92 Å². The molecular formula is C9H20ClNO. The Morgan fingerprint density at radius 3 is 2.25 bits per heavy atom. The maximum atomic E-state index is 9.64. The van der Waals surface area contributed by atoms with Crippen molar-refractivity contribution in [2.75, 3.05) is 13.1 Å². The highest BCUT2D eigenvalue weighted by Crippen LogP contribution is 2.32. The first-order chi connectivity index (χ1) is 5.02. The lowest BCUT2D eigenvalue weighted by atomic mass is 9.74. The number of hydrogen-bond donors (Lipinski definition) is 2. The van der Waals surface area contributed by atoms with Gasteiger partial charge in [-0.1, -0.05) is 20.8 Å². The van der Waals surface area contributed by atoms with Gasteiger partial charge >= 0.3 is 0 Å². The molecule has 1 fully saturated rings. The van der Waals surface area contributed by atoms with Crippen LogP contribution in [-0.4, -0.2) is 24.3 Å². The summed E-state index contributed by atoms with van der Waals surface area (Å²) >= 11 is 0. The second kappa shape index (κ2) is 4.45. The van der Waals surface area contributed by atoms with Gasteiger partial charge in [0, 0.05) is 6.54 Å². The minimum absolute atomic E-state index is 0. The first-order valence-corrected chi connectivity index (χ1v) is 4.40. The second-order valence-corrected chi connectivity index (χ2v) is 4.53. The lowest BCUT2D eigenvalue weighted by Crippen LogP contribution is -2.45. The summed E-state index contributed by atoms with van der Waals surface area (Å²) < 4.78 is 0. The van der Waals surface area contributed by atoms with Gasteiger partial charge in [-0.15, -0.1) is 12.4 Å². The molecular weight excluding hydrogens is 174 g/mol. The van der Waals surface area contributed by atoms with Crippen molar-refractivity contribution >= 4 is 12.4 Å². The van der Waals surface area contributed by atoms with E-state index in [1.54, 1.807) is 0 Å². The first-order valence-electron chi connectivity index (χ1n) is 4.40. The highest BCUT2D eigenvalue weighted by atomic mass is 35.5. The maximum absolute atomic E-state index is 9.64. The Morgan fingerprint density at radius 2 is 1.92 bits per heavy atom. The van der Waals surface area contributed by atoms with Gasteiger partial charge in [0.2, 0.25) is 0 Å². The van der Waals surface area contributed by atoms with E-state index in [1.165, 1.54) is 0 Å². The molecule has 1 rings (SSSR count). The van der Waals surface area contributed by atoms with Crippen LogP contribution < -0.4 is 5.32 Å². The SMILES string of the molecule is CC(C)(C)[C@@H]1CCNC[C@H]1O.Cl. The average molecular weight is 194 g/mol. The third-order valence-electron chi connectivity index (χ3n) is 2.56. The van der Waals surface area contributed by atoms with Crippen molar-refractivity contribution < 1.29 is 5.11 Å². The third-order valence-corrected chi connectivity index (χ3v) is 2.56. The Morgan fingerprint density at radius 1 is 1.33 bits per heavy atom. The van der Waals surface area contributed by atoms with E-state index in [1.807, 2.05) is 0 Å². The van der Waals surface area contributed by atoms with Gasteiger partial charge in [0.05, 0.1) is 6.10 Å². The van der Waals surface area contributed by atoms with E-state index >= 15 is 0 Å². The number of aliphatic hydroxyl groups excluding tert-OH is 1. The van der Waals surface area contributed by atoms with Crippen molar-refractivity contribution in [2.24, 2.45) is 11.3 Å². The molecule has 0 aromatic carbocycles. The summed E-state index contributed by atoms with van der Waals surface area (Å²) in [5.41, 5.74) is 0.252. The molecule has 0 saturated carbocycles. The average Bonchev–Trinajstić information content (AvgIpc) is 1.86. The van der Waals surface area contributed by atoms with Crippen molar-refractivity contribution in [1.29, 1.82) is 0 Å². The summed E-state index contributed by atoms with van der Waals surface area (Å²) in [5, 5.41) is 12.8. The van der Waals surface area contributed by atoms with Crippen molar-refractivity contribution in [1.82, 2.24) is 5.32 Å². The minimum atomic E-state index is -0.149. The highest BCUT2D eigenvalue weighted by molar-refractivity contribution is 5.85. The molecule has 74 valence electrons. The van der Waals surface area contributed by atoms with Gasteiger partial charge in [-0.3, -0.25) is 0 Å². The number of aliphatic hydroxyl groups is 1. The lowest BCUT2D eigenvalue weighted by Gasteiger charge is -2.38. The fourth-order valence-corrected chi connectivity index (χ4v) is 1.85. The van der Waals surface area contributed by atoms with Crippen LogP contribution in [0.3, 0.4) is 0 Å². The van der Waals surface area contributed by atoms with Crippen molar-refractivity contribution in [3.63, 3.8) is 0 Å². The molecule has 0 aromatic heterocycles. The van der Waals surface area contributed by atoms with Gasteiger partial charge in [-0.2, -0.15) is 0 Å². The molecule has 2 atom stereocenters. The lowest BCUT2D eigenvalue weighted by molar-refractivity contribution is 0.0206. The molecule has 12 heavy (non-hydrogen) atoms. The fourth-order valence-electron chi connectivity index (χ4n) is 1.85. The predicted octanol–water partition coefficient (Wildman–Crippen LogP) is 1.42. The monoisotopic (exact) mass is 193 g/mol. The minimum Gasteiger partial charge on any atom is -0.391 e. The van der Waals surface area contributed by atoms with Crippen molar-refractivity contribution in [3.8, 4) is 0 Å². The Balaban J connectivity index is 0.00000121. The van der Waals surface area contributed by atoms with Crippen LogP contribution >= 0.6 is 12.4 Å². The Kier molecular flexibility index (Phi) is 4.53. The molecule has 2 N–H and O–H groups in total. The van der Waals surface area contributed by atoms with E-state index < -0.39 is 0 Å². The Hall–Kier alpha value is 0.210. The molecule has 3 heteroatoms. The molecule has 2 nitrogen and oxygen atoms in total. The van der Waals surface area contributed by atoms with E-state index in [0.717, 1.165) is 19.5 Å². The van der Waals surface area contributed by atoms with E-state index in [2.05, 4.69) is 26.1 Å². The van der Waals surface area contributed by atoms with Gasteiger partial charge in [-0.25, -0.2) is 0 Å². The first kappa shape index (κ1) is 12.2. The van der Waals surface area contributed by atoms with Gasteiger partial charge in [0.15, 0.2) is 0 Å². The second-order valence-electron chi connectivity index (χ2n) is 4.53. The standard InChI is InChI=1S/C9H19NO.ClH/c1-9(2,3)7-4-5-10-6-8(7)11;/h7-8,10-11H,4-6H2,1-3H3;1H/t7-,8-;/m1./s1. The van der Waals surface area contributed by atoms with Gasteiger partial charge < -0.3 is 10.4 Å². The topological polar surface area (TPSA) is 32.3 Å². The van der Waals surface area contributed by atoms with Gasteiger partial charge in [-0.05, 0) is 24.3 Å². The summed E-state index contributed by atoms with van der Waals surface area (Å²) in [6, 6.07) is 0. The van der Waals surface area contributed by atoms with Crippen LogP contribution in [0.5, 0.6) is 0 Å². The van der Waals surface area contributed by atoms with Crippen LogP contribution in [0.25, 0.3) is 0 Å². The zero-order valence-corrected chi connectivity index (χ0v) is 8.95. The molecule has 1 heterocycles.